The second-order valence-corrected chi connectivity index (χ2v) is 6.00. The van der Waals surface area contributed by atoms with E-state index in [0.29, 0.717) is 0 Å². The van der Waals surface area contributed by atoms with Crippen molar-refractivity contribution < 1.29 is 0 Å². The van der Waals surface area contributed by atoms with Crippen molar-refractivity contribution in [3.05, 3.63) is 45.8 Å². The molecule has 20 heavy (non-hydrogen) atoms. The second-order valence-electron chi connectivity index (χ2n) is 4.92. The van der Waals surface area contributed by atoms with Gasteiger partial charge in [0.1, 0.15) is 11.1 Å². The minimum atomic E-state index is 0.768. The number of nitriles is 1. The number of anilines is 1. The van der Waals surface area contributed by atoms with Crippen molar-refractivity contribution in [1.29, 1.82) is 5.26 Å². The van der Waals surface area contributed by atoms with Crippen LogP contribution in [-0.4, -0.2) is 6.34 Å². The van der Waals surface area contributed by atoms with Crippen LogP contribution in [0.4, 0.5) is 10.7 Å². The maximum absolute atomic E-state index is 9.28. The van der Waals surface area contributed by atoms with Crippen LogP contribution in [0.25, 0.3) is 0 Å². The fraction of sp³-hybridized carbons (Fsp3) is 0.250. The van der Waals surface area contributed by atoms with Crippen LogP contribution in [0.2, 0.25) is 0 Å². The van der Waals surface area contributed by atoms with Gasteiger partial charge in [-0.2, -0.15) is 5.26 Å². The first-order valence-electron chi connectivity index (χ1n) is 6.68. The number of nitrogens with one attached hydrogen (secondary N) is 1. The zero-order chi connectivity index (χ0) is 13.9. The number of hydrogen-bond acceptors (Lipinski definition) is 3. The van der Waals surface area contributed by atoms with Gasteiger partial charge >= 0.3 is 0 Å². The number of aliphatic imine (C=N–C) groups is 1. The van der Waals surface area contributed by atoms with Crippen molar-refractivity contribution in [2.45, 2.75) is 26.2 Å². The Labute approximate surface area is 122 Å². The fourth-order valence-corrected chi connectivity index (χ4v) is 3.59. The van der Waals surface area contributed by atoms with Crippen LogP contribution in [0.3, 0.4) is 0 Å². The molecule has 1 aliphatic rings. The van der Waals surface area contributed by atoms with Crippen molar-refractivity contribution in [1.82, 2.24) is 0 Å². The molecule has 3 nitrogen and oxygen atoms in total. The predicted octanol–water partition coefficient (Wildman–Crippen LogP) is 4.19. The van der Waals surface area contributed by atoms with Crippen LogP contribution in [0.1, 0.15) is 28.0 Å². The summed E-state index contributed by atoms with van der Waals surface area (Å²) in [5, 5.41) is 13.3. The highest BCUT2D eigenvalue weighted by Gasteiger charge is 2.21. The Balaban J connectivity index is 1.76. The molecule has 0 saturated heterocycles. The van der Waals surface area contributed by atoms with E-state index in [4.69, 9.17) is 0 Å². The summed E-state index contributed by atoms with van der Waals surface area (Å²) >= 11 is 1.65. The van der Waals surface area contributed by atoms with Crippen molar-refractivity contribution in [3.63, 3.8) is 0 Å². The zero-order valence-electron chi connectivity index (χ0n) is 11.3. The predicted molar refractivity (Wildman–Crippen MR) is 84.0 cm³/mol. The molecule has 1 aromatic carbocycles. The SMILES string of the molecule is Cc1ccc(N/C=N/c2sc3c(c2C#N)CCC3)cc1. The molecule has 0 bridgehead atoms. The Morgan fingerprint density at radius 3 is 2.85 bits per heavy atom. The molecule has 0 amide bonds. The van der Waals surface area contributed by atoms with Gasteiger partial charge in [-0.3, -0.25) is 0 Å². The van der Waals surface area contributed by atoms with Gasteiger partial charge in [0.05, 0.1) is 11.9 Å². The maximum atomic E-state index is 9.28. The fourth-order valence-electron chi connectivity index (χ4n) is 2.41. The van der Waals surface area contributed by atoms with Crippen molar-refractivity contribution in [3.8, 4) is 6.07 Å². The highest BCUT2D eigenvalue weighted by molar-refractivity contribution is 7.16. The summed E-state index contributed by atoms with van der Waals surface area (Å²) in [6.07, 6.45) is 4.96. The third-order valence-corrected chi connectivity index (χ3v) is 4.68. The van der Waals surface area contributed by atoms with Gasteiger partial charge in [-0.05, 0) is 43.9 Å². The standard InChI is InChI=1S/C16H15N3S/c1-11-5-7-12(8-6-11)18-10-19-16-14(9-17)13-3-2-4-15(13)20-16/h5-8,10H,2-4H2,1H3,(H,18,19). The summed E-state index contributed by atoms with van der Waals surface area (Å²) in [4.78, 5) is 5.76. The lowest BCUT2D eigenvalue weighted by atomic mass is 10.1. The third kappa shape index (κ3) is 2.45. The van der Waals surface area contributed by atoms with Crippen molar-refractivity contribution >= 4 is 28.4 Å². The molecule has 0 atom stereocenters. The largest absolute Gasteiger partial charge is 0.346 e. The molecule has 0 fully saturated rings. The van der Waals surface area contributed by atoms with Gasteiger partial charge in [0.2, 0.25) is 0 Å². The van der Waals surface area contributed by atoms with Crippen LogP contribution in [0.15, 0.2) is 29.3 Å². The topological polar surface area (TPSA) is 48.2 Å². The number of rotatable bonds is 3. The van der Waals surface area contributed by atoms with E-state index in [0.717, 1.165) is 29.1 Å². The lowest BCUT2D eigenvalue weighted by Crippen LogP contribution is -1.93. The van der Waals surface area contributed by atoms with Gasteiger partial charge in [-0.25, -0.2) is 4.99 Å². The number of hydrogen-bond donors (Lipinski definition) is 1. The summed E-state index contributed by atoms with van der Waals surface area (Å²) in [5.74, 6) is 0. The summed E-state index contributed by atoms with van der Waals surface area (Å²) in [7, 11) is 0. The third-order valence-electron chi connectivity index (χ3n) is 3.48. The quantitative estimate of drug-likeness (QED) is 0.677. The summed E-state index contributed by atoms with van der Waals surface area (Å²) in [6, 6.07) is 10.4. The summed E-state index contributed by atoms with van der Waals surface area (Å²) < 4.78 is 0. The van der Waals surface area contributed by atoms with E-state index in [1.54, 1.807) is 17.7 Å². The lowest BCUT2D eigenvalue weighted by Gasteiger charge is -2.00. The summed E-state index contributed by atoms with van der Waals surface area (Å²) in [6.45, 7) is 2.06. The van der Waals surface area contributed by atoms with E-state index in [9.17, 15) is 5.26 Å². The van der Waals surface area contributed by atoms with Gasteiger partial charge in [-0.15, -0.1) is 11.3 Å². The number of benzene rings is 1. The minimum Gasteiger partial charge on any atom is -0.346 e. The maximum Gasteiger partial charge on any atom is 0.136 e. The monoisotopic (exact) mass is 281 g/mol. The highest BCUT2D eigenvalue weighted by Crippen LogP contribution is 2.39. The van der Waals surface area contributed by atoms with Crippen molar-refractivity contribution in [2.75, 3.05) is 5.32 Å². The molecule has 1 aliphatic carbocycles. The minimum absolute atomic E-state index is 0.768. The Morgan fingerprint density at radius 1 is 1.30 bits per heavy atom. The Bertz CT molecular complexity index is 690. The van der Waals surface area contributed by atoms with Crippen LogP contribution in [0, 0.1) is 18.3 Å². The van der Waals surface area contributed by atoms with E-state index in [1.807, 2.05) is 12.1 Å². The van der Waals surface area contributed by atoms with Gasteiger partial charge < -0.3 is 5.32 Å². The first kappa shape index (κ1) is 12.9. The number of nitrogens with zero attached hydrogens (tertiary/aromatic N) is 2. The molecular weight excluding hydrogens is 266 g/mol. The number of thiophene rings is 1. The number of fused-ring (bicyclic) bond motifs is 1. The van der Waals surface area contributed by atoms with Crippen LogP contribution in [-0.2, 0) is 12.8 Å². The average molecular weight is 281 g/mol. The van der Waals surface area contributed by atoms with Crippen LogP contribution < -0.4 is 5.32 Å². The molecule has 0 aliphatic heterocycles. The number of aryl methyl sites for hydroxylation is 2. The molecular formula is C16H15N3S. The smallest absolute Gasteiger partial charge is 0.136 e. The molecule has 2 aromatic rings. The van der Waals surface area contributed by atoms with Crippen LogP contribution in [0.5, 0.6) is 0 Å². The van der Waals surface area contributed by atoms with Gasteiger partial charge in [0.15, 0.2) is 0 Å². The van der Waals surface area contributed by atoms with Crippen LogP contribution >= 0.6 is 11.3 Å². The molecule has 0 saturated carbocycles. The first-order chi connectivity index (χ1) is 9.78. The van der Waals surface area contributed by atoms with Gasteiger partial charge in [-0.1, -0.05) is 17.7 Å². The normalized spacial score (nSPS) is 13.4. The Morgan fingerprint density at radius 2 is 2.10 bits per heavy atom. The van der Waals surface area contributed by atoms with E-state index in [1.165, 1.54) is 22.4 Å². The molecule has 1 N–H and O–H groups in total. The molecule has 4 heteroatoms. The van der Waals surface area contributed by atoms with Crippen molar-refractivity contribution in [2.24, 2.45) is 4.99 Å². The molecule has 1 heterocycles. The van der Waals surface area contributed by atoms with Gasteiger partial charge in [0, 0.05) is 10.6 Å². The molecule has 0 spiro atoms. The van der Waals surface area contributed by atoms with E-state index in [2.05, 4.69) is 35.4 Å². The highest BCUT2D eigenvalue weighted by atomic mass is 32.1. The summed E-state index contributed by atoms with van der Waals surface area (Å²) in [5.41, 5.74) is 4.22. The molecule has 1 aromatic heterocycles. The molecule has 0 unspecified atom stereocenters. The van der Waals surface area contributed by atoms with E-state index in [-0.39, 0.29) is 0 Å². The lowest BCUT2D eigenvalue weighted by molar-refractivity contribution is 0.913. The van der Waals surface area contributed by atoms with E-state index < -0.39 is 0 Å². The van der Waals surface area contributed by atoms with Gasteiger partial charge in [0.25, 0.3) is 0 Å². The first-order valence-corrected chi connectivity index (χ1v) is 7.50. The molecule has 3 rings (SSSR count). The van der Waals surface area contributed by atoms with E-state index >= 15 is 0 Å². The Kier molecular flexibility index (Phi) is 3.53. The molecule has 100 valence electrons. The zero-order valence-corrected chi connectivity index (χ0v) is 12.1. The second kappa shape index (κ2) is 5.48. The average Bonchev–Trinajstić information content (AvgIpc) is 3.01. The molecule has 0 radical (unpaired) electrons. The Hall–Kier alpha value is -2.12.